The topological polar surface area (TPSA) is 52.5 Å². The molecule has 1 heterocycles. The van der Waals surface area contributed by atoms with E-state index in [1.807, 2.05) is 0 Å². The molecule has 1 unspecified atom stereocenters. The minimum atomic E-state index is -0.616. The number of aliphatic hydroxyl groups is 2. The van der Waals surface area contributed by atoms with Crippen LogP contribution in [0.5, 0.6) is 0 Å². The third-order valence-corrected chi connectivity index (χ3v) is 1.80. The van der Waals surface area contributed by atoms with Crippen LogP contribution in [0.4, 0.5) is 0 Å². The van der Waals surface area contributed by atoms with Crippen LogP contribution < -0.4 is 5.32 Å². The van der Waals surface area contributed by atoms with Crippen molar-refractivity contribution < 1.29 is 10.2 Å². The molecule has 0 spiro atoms. The van der Waals surface area contributed by atoms with Gasteiger partial charge in [-0.2, -0.15) is 0 Å². The summed E-state index contributed by atoms with van der Waals surface area (Å²) in [6.07, 6.45) is 1.27. The summed E-state index contributed by atoms with van der Waals surface area (Å²) in [4.78, 5) is 0. The van der Waals surface area contributed by atoms with Gasteiger partial charge in [-0.1, -0.05) is 0 Å². The van der Waals surface area contributed by atoms with E-state index in [1.165, 1.54) is 0 Å². The summed E-state index contributed by atoms with van der Waals surface area (Å²) in [5, 5.41) is 21.0. The van der Waals surface area contributed by atoms with Crippen molar-refractivity contribution in [1.29, 1.82) is 0 Å². The summed E-state index contributed by atoms with van der Waals surface area (Å²) in [5.41, 5.74) is -0.616. The highest BCUT2D eigenvalue weighted by Gasteiger charge is 2.29. The summed E-state index contributed by atoms with van der Waals surface area (Å²) in [5.74, 6) is 0. The van der Waals surface area contributed by atoms with Gasteiger partial charge in [0.1, 0.15) is 0 Å². The van der Waals surface area contributed by atoms with Crippen molar-refractivity contribution in [1.82, 2.24) is 5.32 Å². The maximum atomic E-state index is 9.47. The van der Waals surface area contributed by atoms with Gasteiger partial charge in [-0.25, -0.2) is 0 Å². The van der Waals surface area contributed by atoms with E-state index >= 15 is 0 Å². The van der Waals surface area contributed by atoms with E-state index in [0.29, 0.717) is 13.0 Å². The first-order valence-corrected chi connectivity index (χ1v) is 3.31. The maximum absolute atomic E-state index is 9.47. The van der Waals surface area contributed by atoms with Crippen LogP contribution in [0.2, 0.25) is 0 Å². The molecule has 0 bridgehead atoms. The molecule has 0 radical (unpaired) electrons. The van der Waals surface area contributed by atoms with E-state index in [2.05, 4.69) is 5.32 Å². The van der Waals surface area contributed by atoms with Crippen LogP contribution in [0.15, 0.2) is 0 Å². The second-order valence-electron chi connectivity index (χ2n) is 2.62. The van der Waals surface area contributed by atoms with Crippen molar-refractivity contribution >= 4 is 12.4 Å². The van der Waals surface area contributed by atoms with Gasteiger partial charge >= 0.3 is 0 Å². The lowest BCUT2D eigenvalue weighted by atomic mass is 10.00. The first-order chi connectivity index (χ1) is 4.27. The van der Waals surface area contributed by atoms with Crippen LogP contribution >= 0.6 is 12.4 Å². The van der Waals surface area contributed by atoms with Gasteiger partial charge in [0.2, 0.25) is 0 Å². The molecule has 0 aromatic rings. The van der Waals surface area contributed by atoms with Crippen molar-refractivity contribution in [2.45, 2.75) is 18.4 Å². The lowest BCUT2D eigenvalue weighted by Gasteiger charge is -2.18. The Bertz CT molecular complexity index is 93.7. The fourth-order valence-electron chi connectivity index (χ4n) is 1.15. The quantitative estimate of drug-likeness (QED) is 0.521. The third-order valence-electron chi connectivity index (χ3n) is 1.80. The van der Waals surface area contributed by atoms with Gasteiger partial charge in [0.05, 0.1) is 5.60 Å². The average molecular weight is 168 g/mol. The van der Waals surface area contributed by atoms with E-state index in [1.54, 1.807) is 0 Å². The number of rotatable bonds is 2. The minimum Gasteiger partial charge on any atom is -0.396 e. The monoisotopic (exact) mass is 167 g/mol. The maximum Gasteiger partial charge on any atom is 0.0805 e. The molecule has 0 amide bonds. The van der Waals surface area contributed by atoms with Crippen molar-refractivity contribution in [2.24, 2.45) is 0 Å². The van der Waals surface area contributed by atoms with Crippen LogP contribution in [0.3, 0.4) is 0 Å². The van der Waals surface area contributed by atoms with E-state index in [9.17, 15) is 5.11 Å². The molecule has 62 valence electrons. The Balaban J connectivity index is 0.000000810. The Kier molecular flexibility index (Phi) is 4.20. The average Bonchev–Trinajstić information content (AvgIpc) is 2.16. The summed E-state index contributed by atoms with van der Waals surface area (Å²) in [6.45, 7) is 1.59. The zero-order valence-electron chi connectivity index (χ0n) is 5.84. The smallest absolute Gasteiger partial charge is 0.0805 e. The molecule has 1 atom stereocenters. The number of hydrogen-bond acceptors (Lipinski definition) is 3. The first-order valence-electron chi connectivity index (χ1n) is 3.31. The Morgan fingerprint density at radius 1 is 1.50 bits per heavy atom. The number of nitrogens with one attached hydrogen (secondary N) is 1. The fourth-order valence-corrected chi connectivity index (χ4v) is 1.15. The summed E-state index contributed by atoms with van der Waals surface area (Å²) < 4.78 is 0. The normalized spacial score (nSPS) is 31.8. The second kappa shape index (κ2) is 4.13. The van der Waals surface area contributed by atoms with Gasteiger partial charge in [0, 0.05) is 19.6 Å². The lowest BCUT2D eigenvalue weighted by molar-refractivity contribution is 0.0348. The molecular formula is C6H14ClNO2. The molecule has 0 aromatic heterocycles. The van der Waals surface area contributed by atoms with Gasteiger partial charge in [0.15, 0.2) is 0 Å². The van der Waals surface area contributed by atoms with E-state index in [4.69, 9.17) is 5.11 Å². The van der Waals surface area contributed by atoms with Crippen LogP contribution in [0.1, 0.15) is 12.8 Å². The molecular weight excluding hydrogens is 154 g/mol. The lowest BCUT2D eigenvalue weighted by Crippen LogP contribution is -2.32. The number of aliphatic hydroxyl groups excluding tert-OH is 1. The fraction of sp³-hybridized carbons (Fsp3) is 1.00. The predicted octanol–water partition coefficient (Wildman–Crippen LogP) is -0.485. The van der Waals surface area contributed by atoms with Crippen molar-refractivity contribution in [3.05, 3.63) is 0 Å². The number of β-amino-alcohol motifs (C(OH)–C–C–N with tert-alkyl or cyclic N) is 1. The van der Waals surface area contributed by atoms with Crippen molar-refractivity contribution in [2.75, 3.05) is 19.7 Å². The Hall–Kier alpha value is 0.170. The SMILES string of the molecule is Cl.OCCC1(O)CCNC1. The van der Waals surface area contributed by atoms with Crippen LogP contribution in [0, 0.1) is 0 Å². The first kappa shape index (κ1) is 10.2. The molecule has 10 heavy (non-hydrogen) atoms. The molecule has 1 rings (SSSR count). The zero-order valence-corrected chi connectivity index (χ0v) is 6.65. The van der Waals surface area contributed by atoms with Crippen LogP contribution in [0.25, 0.3) is 0 Å². The van der Waals surface area contributed by atoms with E-state index in [0.717, 1.165) is 13.0 Å². The van der Waals surface area contributed by atoms with E-state index < -0.39 is 5.60 Å². The largest absolute Gasteiger partial charge is 0.396 e. The number of hydrogen-bond donors (Lipinski definition) is 3. The van der Waals surface area contributed by atoms with Gasteiger partial charge in [0.25, 0.3) is 0 Å². The third kappa shape index (κ3) is 2.42. The molecule has 0 aliphatic carbocycles. The molecule has 1 aliphatic heterocycles. The molecule has 0 saturated carbocycles. The van der Waals surface area contributed by atoms with Crippen LogP contribution in [-0.2, 0) is 0 Å². The molecule has 3 N–H and O–H groups in total. The number of halogens is 1. The predicted molar refractivity (Wildman–Crippen MR) is 41.4 cm³/mol. The molecule has 4 heteroatoms. The highest BCUT2D eigenvalue weighted by Crippen LogP contribution is 2.17. The van der Waals surface area contributed by atoms with Crippen molar-refractivity contribution in [3.63, 3.8) is 0 Å². The van der Waals surface area contributed by atoms with Crippen LogP contribution in [-0.4, -0.2) is 35.5 Å². The molecule has 1 saturated heterocycles. The van der Waals surface area contributed by atoms with Gasteiger partial charge in [-0.15, -0.1) is 12.4 Å². The molecule has 3 nitrogen and oxygen atoms in total. The second-order valence-corrected chi connectivity index (χ2v) is 2.62. The Morgan fingerprint density at radius 3 is 2.60 bits per heavy atom. The van der Waals surface area contributed by atoms with Gasteiger partial charge in [-0.3, -0.25) is 0 Å². The molecule has 0 aromatic carbocycles. The summed E-state index contributed by atoms with van der Waals surface area (Å²) in [6, 6.07) is 0. The summed E-state index contributed by atoms with van der Waals surface area (Å²) >= 11 is 0. The van der Waals surface area contributed by atoms with Gasteiger partial charge < -0.3 is 15.5 Å². The molecule has 1 fully saturated rings. The zero-order chi connectivity index (χ0) is 6.74. The highest BCUT2D eigenvalue weighted by atomic mass is 35.5. The minimum absolute atomic E-state index is 0. The molecule has 1 aliphatic rings. The standard InChI is InChI=1S/C6H13NO2.ClH/c8-4-2-6(9)1-3-7-5-6;/h7-9H,1-5H2;1H. The highest BCUT2D eigenvalue weighted by molar-refractivity contribution is 5.85. The summed E-state index contributed by atoms with van der Waals surface area (Å²) in [7, 11) is 0. The van der Waals surface area contributed by atoms with Crippen molar-refractivity contribution in [3.8, 4) is 0 Å². The Morgan fingerprint density at radius 2 is 2.20 bits per heavy atom. The Labute approximate surface area is 66.8 Å². The van der Waals surface area contributed by atoms with E-state index in [-0.39, 0.29) is 19.0 Å². The van der Waals surface area contributed by atoms with Gasteiger partial charge in [-0.05, 0) is 13.0 Å².